The molecule has 3 aromatic rings. The molecule has 10 heteroatoms. The summed E-state index contributed by atoms with van der Waals surface area (Å²) in [4.78, 5) is 24.9. The molecule has 3 rings (SSSR count). The number of benzene rings is 2. The Hall–Kier alpha value is -2.85. The Labute approximate surface area is 218 Å². The van der Waals surface area contributed by atoms with Crippen LogP contribution in [0.1, 0.15) is 35.0 Å². The Morgan fingerprint density at radius 2 is 1.69 bits per heavy atom. The van der Waals surface area contributed by atoms with Crippen molar-refractivity contribution in [3.05, 3.63) is 62.9 Å². The fourth-order valence-corrected chi connectivity index (χ4v) is 5.19. The van der Waals surface area contributed by atoms with E-state index in [0.717, 1.165) is 38.2 Å². The highest BCUT2D eigenvalue weighted by Gasteiger charge is 2.16. The minimum Gasteiger partial charge on any atom is -0.483 e. The first-order valence-electron chi connectivity index (χ1n) is 11.3. The third-order valence-electron chi connectivity index (χ3n) is 5.40. The molecule has 0 saturated heterocycles. The minimum atomic E-state index is -0.243. The number of aryl methyl sites for hydroxylation is 4. The van der Waals surface area contributed by atoms with Gasteiger partial charge in [0.25, 0.3) is 5.91 Å². The molecule has 186 valence electrons. The average Bonchev–Trinajstić information content (AvgIpc) is 3.20. The summed E-state index contributed by atoms with van der Waals surface area (Å²) in [6, 6.07) is 9.79. The quantitative estimate of drug-likeness (QED) is 0.349. The first-order chi connectivity index (χ1) is 16.7. The zero-order valence-electron chi connectivity index (χ0n) is 20.6. The molecule has 0 saturated carbocycles. The molecule has 35 heavy (non-hydrogen) atoms. The Morgan fingerprint density at radius 3 is 2.31 bits per heavy atom. The topological polar surface area (TPSA) is 98.1 Å². The zero-order chi connectivity index (χ0) is 25.5. The highest BCUT2D eigenvalue weighted by molar-refractivity contribution is 9.10. The first kappa shape index (κ1) is 26.7. The van der Waals surface area contributed by atoms with Crippen LogP contribution in [0.15, 0.2) is 40.0 Å². The summed E-state index contributed by atoms with van der Waals surface area (Å²) in [5, 5.41) is 14.9. The van der Waals surface area contributed by atoms with Crippen molar-refractivity contribution in [3.63, 3.8) is 0 Å². The number of hydrogen-bond acceptors (Lipinski definition) is 6. The molecular weight excluding hydrogens is 530 g/mol. The lowest BCUT2D eigenvalue weighted by atomic mass is 10.1. The maximum atomic E-state index is 12.6. The van der Waals surface area contributed by atoms with E-state index in [4.69, 9.17) is 4.74 Å². The number of nitrogens with one attached hydrogen (secondary N) is 2. The lowest BCUT2D eigenvalue weighted by Crippen LogP contribution is -2.29. The Bertz CT molecular complexity index is 1180. The van der Waals surface area contributed by atoms with Crippen LogP contribution in [-0.4, -0.2) is 38.9 Å². The predicted molar refractivity (Wildman–Crippen MR) is 142 cm³/mol. The summed E-state index contributed by atoms with van der Waals surface area (Å²) in [6.45, 7) is 10.5. The second kappa shape index (κ2) is 12.2. The third kappa shape index (κ3) is 7.08. The molecule has 0 bridgehead atoms. The highest BCUT2D eigenvalue weighted by Crippen LogP contribution is 2.26. The Kier molecular flexibility index (Phi) is 9.33. The number of para-hydroxylation sites is 1. The van der Waals surface area contributed by atoms with Crippen molar-refractivity contribution in [1.29, 1.82) is 0 Å². The molecule has 2 aromatic carbocycles. The van der Waals surface area contributed by atoms with Gasteiger partial charge in [0.05, 0.1) is 12.3 Å². The lowest BCUT2D eigenvalue weighted by molar-refractivity contribution is -0.123. The first-order valence-corrected chi connectivity index (χ1v) is 13.0. The van der Waals surface area contributed by atoms with Crippen LogP contribution >= 0.6 is 27.7 Å². The summed E-state index contributed by atoms with van der Waals surface area (Å²) in [6.07, 6.45) is 0. The number of hydrogen-bond donors (Lipinski definition) is 2. The average molecular weight is 561 g/mol. The van der Waals surface area contributed by atoms with E-state index < -0.39 is 0 Å². The number of carbonyl (C=O) groups excluding carboxylic acids is 2. The second-order valence-corrected chi connectivity index (χ2v) is 10.0. The van der Waals surface area contributed by atoms with Crippen LogP contribution in [0.3, 0.4) is 0 Å². The molecule has 0 fully saturated rings. The van der Waals surface area contributed by atoms with Gasteiger partial charge >= 0.3 is 0 Å². The van der Waals surface area contributed by atoms with Gasteiger partial charge in [0.15, 0.2) is 17.6 Å². The summed E-state index contributed by atoms with van der Waals surface area (Å²) >= 11 is 4.78. The van der Waals surface area contributed by atoms with Gasteiger partial charge in [0, 0.05) is 16.7 Å². The van der Waals surface area contributed by atoms with Crippen molar-refractivity contribution >= 4 is 45.2 Å². The molecule has 0 aliphatic heterocycles. The number of anilines is 1. The highest BCUT2D eigenvalue weighted by atomic mass is 79.9. The molecule has 2 N–H and O–H groups in total. The van der Waals surface area contributed by atoms with Gasteiger partial charge in [-0.25, -0.2) is 0 Å². The van der Waals surface area contributed by atoms with E-state index in [2.05, 4.69) is 36.8 Å². The molecule has 1 heterocycles. The van der Waals surface area contributed by atoms with Gasteiger partial charge in [0.1, 0.15) is 5.75 Å². The smallest absolute Gasteiger partial charge is 0.258 e. The summed E-state index contributed by atoms with van der Waals surface area (Å²) in [5.74, 6) is 1.18. The van der Waals surface area contributed by atoms with E-state index in [-0.39, 0.29) is 30.7 Å². The number of ether oxygens (including phenoxy) is 1. The fourth-order valence-electron chi connectivity index (χ4n) is 3.68. The van der Waals surface area contributed by atoms with Crippen molar-refractivity contribution in [2.45, 2.75) is 52.9 Å². The number of amides is 2. The van der Waals surface area contributed by atoms with E-state index in [0.29, 0.717) is 17.5 Å². The summed E-state index contributed by atoms with van der Waals surface area (Å²) < 4.78 is 8.58. The van der Waals surface area contributed by atoms with E-state index >= 15 is 0 Å². The van der Waals surface area contributed by atoms with Crippen LogP contribution in [-0.2, 0) is 22.7 Å². The molecule has 8 nitrogen and oxygen atoms in total. The summed E-state index contributed by atoms with van der Waals surface area (Å²) in [5.41, 5.74) is 4.78. The van der Waals surface area contributed by atoms with Crippen molar-refractivity contribution in [3.8, 4) is 5.75 Å². The van der Waals surface area contributed by atoms with E-state index in [1.54, 1.807) is 0 Å². The molecule has 1 aromatic heterocycles. The Balaban J connectivity index is 1.53. The van der Waals surface area contributed by atoms with Gasteiger partial charge in [-0.3, -0.25) is 9.59 Å². The maximum Gasteiger partial charge on any atom is 0.258 e. The fraction of sp³-hybridized carbons (Fsp3) is 0.360. The SMILES string of the molecule is CCn1c(CNC(=O)COc2c(C)cccc2C)nnc1SCC(=O)Nc1c(C)cc(Br)cc1C. The van der Waals surface area contributed by atoms with E-state index in [1.807, 2.05) is 69.5 Å². The van der Waals surface area contributed by atoms with E-state index in [9.17, 15) is 9.59 Å². The number of aromatic nitrogens is 3. The number of halogens is 1. The zero-order valence-corrected chi connectivity index (χ0v) is 23.0. The van der Waals surface area contributed by atoms with Gasteiger partial charge in [-0.2, -0.15) is 0 Å². The normalized spacial score (nSPS) is 10.8. The van der Waals surface area contributed by atoms with Crippen molar-refractivity contribution < 1.29 is 14.3 Å². The Morgan fingerprint density at radius 1 is 1.03 bits per heavy atom. The van der Waals surface area contributed by atoms with Crippen LogP contribution in [0.2, 0.25) is 0 Å². The molecule has 0 aliphatic carbocycles. The molecule has 0 aliphatic rings. The van der Waals surface area contributed by atoms with Gasteiger partial charge in [0.2, 0.25) is 5.91 Å². The van der Waals surface area contributed by atoms with Crippen molar-refractivity contribution in [2.24, 2.45) is 0 Å². The maximum absolute atomic E-state index is 12.6. The summed E-state index contributed by atoms with van der Waals surface area (Å²) in [7, 11) is 0. The molecule has 0 unspecified atom stereocenters. The lowest BCUT2D eigenvalue weighted by Gasteiger charge is -2.13. The minimum absolute atomic E-state index is 0.0807. The van der Waals surface area contributed by atoms with Crippen molar-refractivity contribution in [2.75, 3.05) is 17.7 Å². The standard InChI is InChI=1S/C25H30BrN5O3S/c1-6-31-20(12-27-21(32)13-34-24-15(2)8-7-9-16(24)3)29-30-25(31)35-14-22(33)28-23-17(4)10-19(26)11-18(23)5/h7-11H,6,12-14H2,1-5H3,(H,27,32)(H,28,33). The van der Waals surface area contributed by atoms with Gasteiger partial charge in [-0.15, -0.1) is 10.2 Å². The number of nitrogens with zero attached hydrogens (tertiary/aromatic N) is 3. The number of thioether (sulfide) groups is 1. The van der Waals surface area contributed by atoms with Gasteiger partial charge in [-0.1, -0.05) is 45.9 Å². The molecule has 2 amide bonds. The van der Waals surface area contributed by atoms with Crippen molar-refractivity contribution in [1.82, 2.24) is 20.1 Å². The third-order valence-corrected chi connectivity index (χ3v) is 6.83. The molecule has 0 atom stereocenters. The molecular formula is C25H30BrN5O3S. The van der Waals surface area contributed by atoms with Gasteiger partial charge < -0.3 is 19.9 Å². The van der Waals surface area contributed by atoms with Crippen LogP contribution in [0.4, 0.5) is 5.69 Å². The van der Waals surface area contributed by atoms with Gasteiger partial charge in [-0.05, 0) is 69.0 Å². The second-order valence-electron chi connectivity index (χ2n) is 8.18. The monoisotopic (exact) mass is 559 g/mol. The van der Waals surface area contributed by atoms with Crippen LogP contribution in [0.25, 0.3) is 0 Å². The van der Waals surface area contributed by atoms with Crippen LogP contribution < -0.4 is 15.4 Å². The largest absolute Gasteiger partial charge is 0.483 e. The predicted octanol–water partition coefficient (Wildman–Crippen LogP) is 4.72. The van der Waals surface area contributed by atoms with E-state index in [1.165, 1.54) is 11.8 Å². The molecule has 0 radical (unpaired) electrons. The number of carbonyl (C=O) groups is 2. The van der Waals surface area contributed by atoms with Crippen LogP contribution in [0.5, 0.6) is 5.75 Å². The number of rotatable bonds is 10. The van der Waals surface area contributed by atoms with Crippen LogP contribution in [0, 0.1) is 27.7 Å². The molecule has 0 spiro atoms.